The quantitative estimate of drug-likeness (QED) is 0.771. The zero-order chi connectivity index (χ0) is 12.7. The van der Waals surface area contributed by atoms with Gasteiger partial charge in [-0.25, -0.2) is 0 Å². The summed E-state index contributed by atoms with van der Waals surface area (Å²) in [6, 6.07) is 3.03. The molecule has 0 aromatic rings. The second kappa shape index (κ2) is 7.68. The van der Waals surface area contributed by atoms with Crippen LogP contribution in [0.4, 0.5) is 0 Å². The maximum atomic E-state index is 9.11. The average molecular weight is 237 g/mol. The van der Waals surface area contributed by atoms with Gasteiger partial charge < -0.3 is 10.2 Å². The molecule has 0 saturated heterocycles. The first kappa shape index (κ1) is 14.5. The van der Waals surface area contributed by atoms with Gasteiger partial charge in [-0.3, -0.25) is 0 Å². The first-order chi connectivity index (χ1) is 8.17. The number of rotatable bonds is 6. The minimum absolute atomic E-state index is 0.0165. The van der Waals surface area contributed by atoms with Gasteiger partial charge in [0.1, 0.15) is 6.04 Å². The molecular formula is C14H27N3. The number of likely N-dealkylation sites (N-methyl/N-ethyl adjacent to an activating group) is 1. The highest BCUT2D eigenvalue weighted by Crippen LogP contribution is 2.26. The molecule has 3 unspecified atom stereocenters. The van der Waals surface area contributed by atoms with E-state index < -0.39 is 0 Å². The fourth-order valence-electron chi connectivity index (χ4n) is 2.71. The Kier molecular flexibility index (Phi) is 6.54. The molecule has 0 aliphatic heterocycles. The first-order valence-electron chi connectivity index (χ1n) is 7.00. The Morgan fingerprint density at radius 3 is 2.82 bits per heavy atom. The van der Waals surface area contributed by atoms with Gasteiger partial charge in [0.25, 0.3) is 0 Å². The van der Waals surface area contributed by atoms with Crippen LogP contribution in [-0.4, -0.2) is 37.1 Å². The van der Waals surface area contributed by atoms with E-state index in [4.69, 9.17) is 5.26 Å². The molecule has 3 heteroatoms. The van der Waals surface area contributed by atoms with Gasteiger partial charge in [-0.05, 0) is 38.8 Å². The highest BCUT2D eigenvalue weighted by molar-refractivity contribution is 4.93. The van der Waals surface area contributed by atoms with E-state index in [1.165, 1.54) is 25.7 Å². The fourth-order valence-corrected chi connectivity index (χ4v) is 2.71. The van der Waals surface area contributed by atoms with Crippen molar-refractivity contribution in [3.8, 4) is 6.07 Å². The highest BCUT2D eigenvalue weighted by Gasteiger charge is 2.23. The molecule has 3 nitrogen and oxygen atoms in total. The summed E-state index contributed by atoms with van der Waals surface area (Å²) < 4.78 is 0. The summed E-state index contributed by atoms with van der Waals surface area (Å²) in [5.74, 6) is 0.848. The Bertz CT molecular complexity index is 246. The maximum absolute atomic E-state index is 9.11. The van der Waals surface area contributed by atoms with Gasteiger partial charge in [0.2, 0.25) is 0 Å². The van der Waals surface area contributed by atoms with Gasteiger partial charge in [0.15, 0.2) is 0 Å². The minimum Gasteiger partial charge on any atom is -0.301 e. The van der Waals surface area contributed by atoms with Crippen molar-refractivity contribution in [2.45, 2.75) is 58.0 Å². The van der Waals surface area contributed by atoms with E-state index >= 15 is 0 Å². The van der Waals surface area contributed by atoms with E-state index in [2.05, 4.69) is 37.2 Å². The molecule has 17 heavy (non-hydrogen) atoms. The number of nitriles is 1. The Morgan fingerprint density at radius 1 is 1.47 bits per heavy atom. The summed E-state index contributed by atoms with van der Waals surface area (Å²) in [7, 11) is 2.17. The Labute approximate surface area is 106 Å². The molecule has 1 N–H and O–H groups in total. The predicted molar refractivity (Wildman–Crippen MR) is 71.7 cm³/mol. The molecule has 3 atom stereocenters. The smallest absolute Gasteiger partial charge is 0.108 e. The lowest BCUT2D eigenvalue weighted by Gasteiger charge is -2.35. The lowest BCUT2D eigenvalue weighted by molar-refractivity contribution is 0.157. The number of hydrogen-bond donors (Lipinski definition) is 1. The van der Waals surface area contributed by atoms with Gasteiger partial charge in [0, 0.05) is 12.6 Å². The lowest BCUT2D eigenvalue weighted by atomic mass is 9.86. The molecule has 1 rings (SSSR count). The zero-order valence-electron chi connectivity index (χ0n) is 11.6. The Hall–Kier alpha value is -0.590. The molecule has 0 aromatic carbocycles. The third-order valence-electron chi connectivity index (χ3n) is 3.80. The molecule has 0 aromatic heterocycles. The summed E-state index contributed by atoms with van der Waals surface area (Å²) in [4.78, 5) is 2.38. The average Bonchev–Trinajstić information content (AvgIpc) is 2.34. The van der Waals surface area contributed by atoms with Gasteiger partial charge in [-0.1, -0.05) is 26.7 Å². The molecule has 1 aliphatic rings. The molecule has 1 saturated carbocycles. The van der Waals surface area contributed by atoms with Crippen LogP contribution in [0.1, 0.15) is 46.0 Å². The van der Waals surface area contributed by atoms with Gasteiger partial charge in [-0.2, -0.15) is 5.26 Å². The first-order valence-corrected chi connectivity index (χ1v) is 7.00. The van der Waals surface area contributed by atoms with Crippen LogP contribution in [0.2, 0.25) is 0 Å². The molecular weight excluding hydrogens is 210 g/mol. The van der Waals surface area contributed by atoms with Crippen LogP contribution in [0.3, 0.4) is 0 Å². The summed E-state index contributed by atoms with van der Waals surface area (Å²) in [5, 5.41) is 12.4. The third-order valence-corrected chi connectivity index (χ3v) is 3.80. The van der Waals surface area contributed by atoms with Crippen LogP contribution in [0, 0.1) is 17.2 Å². The van der Waals surface area contributed by atoms with Gasteiger partial charge in [-0.15, -0.1) is 0 Å². The maximum Gasteiger partial charge on any atom is 0.108 e. The Morgan fingerprint density at radius 2 is 2.24 bits per heavy atom. The number of hydrogen-bond acceptors (Lipinski definition) is 3. The van der Waals surface area contributed by atoms with E-state index in [1.807, 2.05) is 0 Å². The van der Waals surface area contributed by atoms with Crippen LogP contribution in [-0.2, 0) is 0 Å². The van der Waals surface area contributed by atoms with Crippen molar-refractivity contribution in [2.75, 3.05) is 20.1 Å². The van der Waals surface area contributed by atoms with Crippen molar-refractivity contribution < 1.29 is 0 Å². The normalized spacial score (nSPS) is 26.8. The summed E-state index contributed by atoms with van der Waals surface area (Å²) >= 11 is 0. The standard InChI is InChI=1S/C14H27N3/c1-4-8-16-13(10-15)11-17(3)14-7-5-6-12(2)9-14/h12-14,16H,4-9,11H2,1-3H3. The van der Waals surface area contributed by atoms with Crippen molar-refractivity contribution in [2.24, 2.45) is 5.92 Å². The van der Waals surface area contributed by atoms with E-state index in [9.17, 15) is 0 Å². The van der Waals surface area contributed by atoms with Crippen LogP contribution < -0.4 is 5.32 Å². The van der Waals surface area contributed by atoms with E-state index in [1.54, 1.807) is 0 Å². The molecule has 0 spiro atoms. The minimum atomic E-state index is -0.0165. The second-order valence-electron chi connectivity index (χ2n) is 5.50. The van der Waals surface area contributed by atoms with Crippen molar-refractivity contribution in [1.82, 2.24) is 10.2 Å². The zero-order valence-corrected chi connectivity index (χ0v) is 11.6. The largest absolute Gasteiger partial charge is 0.301 e. The number of nitrogens with one attached hydrogen (secondary N) is 1. The van der Waals surface area contributed by atoms with Crippen LogP contribution >= 0.6 is 0 Å². The van der Waals surface area contributed by atoms with Crippen LogP contribution in [0.25, 0.3) is 0 Å². The summed E-state index contributed by atoms with van der Waals surface area (Å²) in [6.45, 7) is 6.27. The van der Waals surface area contributed by atoms with Crippen molar-refractivity contribution >= 4 is 0 Å². The van der Waals surface area contributed by atoms with E-state index in [0.29, 0.717) is 6.04 Å². The van der Waals surface area contributed by atoms with Gasteiger partial charge >= 0.3 is 0 Å². The summed E-state index contributed by atoms with van der Waals surface area (Å²) in [5.41, 5.74) is 0. The van der Waals surface area contributed by atoms with E-state index in [0.717, 1.165) is 25.4 Å². The fraction of sp³-hybridized carbons (Fsp3) is 0.929. The topological polar surface area (TPSA) is 39.1 Å². The summed E-state index contributed by atoms with van der Waals surface area (Å²) in [6.07, 6.45) is 6.40. The van der Waals surface area contributed by atoms with Crippen molar-refractivity contribution in [1.29, 1.82) is 5.26 Å². The second-order valence-corrected chi connectivity index (χ2v) is 5.50. The van der Waals surface area contributed by atoms with Crippen LogP contribution in [0.5, 0.6) is 0 Å². The third kappa shape index (κ3) is 5.06. The SMILES string of the molecule is CCCNC(C#N)CN(C)C1CCCC(C)C1. The Balaban J connectivity index is 2.35. The molecule has 0 bridgehead atoms. The molecule has 0 amide bonds. The molecule has 0 heterocycles. The van der Waals surface area contributed by atoms with Gasteiger partial charge in [0.05, 0.1) is 6.07 Å². The molecule has 1 fully saturated rings. The molecule has 98 valence electrons. The lowest BCUT2D eigenvalue weighted by Crippen LogP contribution is -2.44. The molecule has 1 aliphatic carbocycles. The molecule has 0 radical (unpaired) electrons. The van der Waals surface area contributed by atoms with Crippen molar-refractivity contribution in [3.05, 3.63) is 0 Å². The van der Waals surface area contributed by atoms with Crippen LogP contribution in [0.15, 0.2) is 0 Å². The monoisotopic (exact) mass is 237 g/mol. The number of nitrogens with zero attached hydrogens (tertiary/aromatic N) is 2. The van der Waals surface area contributed by atoms with Crippen molar-refractivity contribution in [3.63, 3.8) is 0 Å². The predicted octanol–water partition coefficient (Wildman–Crippen LogP) is 2.39. The highest BCUT2D eigenvalue weighted by atomic mass is 15.2. The van der Waals surface area contributed by atoms with E-state index in [-0.39, 0.29) is 6.04 Å².